The van der Waals surface area contributed by atoms with Gasteiger partial charge in [-0.3, -0.25) is 0 Å². The van der Waals surface area contributed by atoms with Crippen molar-refractivity contribution in [2.24, 2.45) is 22.9 Å². The summed E-state index contributed by atoms with van der Waals surface area (Å²) in [5.41, 5.74) is -0.142. The number of hydrogen-bond donors (Lipinski definition) is 0. The van der Waals surface area contributed by atoms with Gasteiger partial charge in [0.1, 0.15) is 25.4 Å². The van der Waals surface area contributed by atoms with Crippen LogP contribution in [-0.4, -0.2) is 52.0 Å². The molecule has 2 aromatic carbocycles. The lowest BCUT2D eigenvalue weighted by Crippen LogP contribution is -2.66. The number of esters is 1. The molecule has 0 heterocycles. The first-order chi connectivity index (χ1) is 20.7. The predicted molar refractivity (Wildman–Crippen MR) is 182 cm³/mol. The van der Waals surface area contributed by atoms with E-state index in [1.807, 2.05) is 32.9 Å². The van der Waals surface area contributed by atoms with E-state index in [0.29, 0.717) is 30.6 Å². The Morgan fingerprint density at radius 3 is 2.00 bits per heavy atom. The highest BCUT2D eigenvalue weighted by atomic mass is 28.4. The minimum absolute atomic E-state index is 0.164. The van der Waals surface area contributed by atoms with Crippen molar-refractivity contribution >= 4 is 30.4 Å². The highest BCUT2D eigenvalue weighted by Gasteiger charge is 2.50. The number of nitrogens with zero attached hydrogens (tertiary/aromatic N) is 1. The molecule has 1 unspecified atom stereocenters. The number of benzene rings is 2. The molecule has 1 atom stereocenters. The number of rotatable bonds is 13. The Kier molecular flexibility index (Phi) is 12.8. The van der Waals surface area contributed by atoms with E-state index in [1.54, 1.807) is 0 Å². The fourth-order valence-electron chi connectivity index (χ4n) is 6.07. The first-order valence-electron chi connectivity index (χ1n) is 16.0. The molecule has 0 saturated heterocycles. The lowest BCUT2D eigenvalue weighted by molar-refractivity contribution is -0.161. The maximum atomic E-state index is 12.6. The summed E-state index contributed by atoms with van der Waals surface area (Å²) >= 11 is 0. The number of oxime groups is 1. The molecule has 0 aliphatic heterocycles. The summed E-state index contributed by atoms with van der Waals surface area (Å²) < 4.78 is 18.8. The van der Waals surface area contributed by atoms with Gasteiger partial charge in [0.15, 0.2) is 5.71 Å². The molecule has 0 N–H and O–H groups in total. The average Bonchev–Trinajstić information content (AvgIpc) is 2.92. The van der Waals surface area contributed by atoms with Crippen LogP contribution in [0.4, 0.5) is 0 Å². The second-order valence-electron chi connectivity index (χ2n) is 14.3. The first kappa shape index (κ1) is 35.6. The van der Waals surface area contributed by atoms with Crippen molar-refractivity contribution < 1.29 is 23.5 Å². The summed E-state index contributed by atoms with van der Waals surface area (Å²) in [6.45, 7) is 17.0. The molecule has 0 radical (unpaired) electrons. The molecule has 44 heavy (non-hydrogen) atoms. The van der Waals surface area contributed by atoms with Crippen LogP contribution in [0.15, 0.2) is 65.8 Å². The van der Waals surface area contributed by atoms with Crippen LogP contribution < -0.4 is 10.4 Å². The summed E-state index contributed by atoms with van der Waals surface area (Å²) in [7, 11) is -1.25. The van der Waals surface area contributed by atoms with Crippen LogP contribution in [0, 0.1) is 29.6 Å². The van der Waals surface area contributed by atoms with Gasteiger partial charge < -0.3 is 18.7 Å². The van der Waals surface area contributed by atoms with Gasteiger partial charge in [-0.15, -0.1) is 0 Å². The zero-order valence-electron chi connectivity index (χ0n) is 28.3. The standard InChI is InChI=1S/C37H53NO5Si/c1-28(2)24-30-25-29(26-30)20-21-33(38-40-9)34(41-27-35(39)43-36(3,4)5)22-23-42-44(37(6,7)8,31-16-12-10-13-17-31)32-18-14-11-15-19-32/h10-19,28-30,34H,22-27H2,1-9H3. The van der Waals surface area contributed by atoms with Crippen LogP contribution in [0.2, 0.25) is 5.04 Å². The lowest BCUT2D eigenvalue weighted by atomic mass is 9.72. The maximum absolute atomic E-state index is 12.6. The van der Waals surface area contributed by atoms with Crippen LogP contribution >= 0.6 is 0 Å². The third-order valence-corrected chi connectivity index (χ3v) is 12.9. The summed E-state index contributed by atoms with van der Waals surface area (Å²) in [6, 6.07) is 21.1. The van der Waals surface area contributed by atoms with Gasteiger partial charge in [-0.1, -0.05) is 106 Å². The number of carbonyl (C=O) groups excluding carboxylic acids is 1. The highest BCUT2D eigenvalue weighted by molar-refractivity contribution is 6.99. The molecule has 3 rings (SSSR count). The van der Waals surface area contributed by atoms with Gasteiger partial charge >= 0.3 is 5.97 Å². The molecule has 1 aliphatic carbocycles. The molecule has 2 aromatic rings. The zero-order chi connectivity index (χ0) is 32.4. The van der Waals surface area contributed by atoms with Crippen LogP contribution in [0.1, 0.15) is 81.1 Å². The van der Waals surface area contributed by atoms with Crippen molar-refractivity contribution in [3.8, 4) is 11.8 Å². The van der Waals surface area contributed by atoms with Gasteiger partial charge in [0.2, 0.25) is 0 Å². The topological polar surface area (TPSA) is 66.3 Å². The quantitative estimate of drug-likeness (QED) is 0.0815. The molecule has 1 saturated carbocycles. The largest absolute Gasteiger partial charge is 0.458 e. The Hall–Kier alpha value is -2.92. The smallest absolute Gasteiger partial charge is 0.332 e. The second kappa shape index (κ2) is 15.9. The van der Waals surface area contributed by atoms with Gasteiger partial charge in [0, 0.05) is 18.9 Å². The fraction of sp³-hybridized carbons (Fsp3) is 0.568. The van der Waals surface area contributed by atoms with Crippen LogP contribution in [0.5, 0.6) is 0 Å². The summed E-state index contributed by atoms with van der Waals surface area (Å²) in [6.07, 6.45) is 3.29. The van der Waals surface area contributed by atoms with Gasteiger partial charge in [-0.05, 0) is 73.2 Å². The van der Waals surface area contributed by atoms with Crippen molar-refractivity contribution in [1.29, 1.82) is 0 Å². The van der Waals surface area contributed by atoms with Crippen LogP contribution in [0.25, 0.3) is 0 Å². The average molecular weight is 620 g/mol. The van der Waals surface area contributed by atoms with E-state index in [4.69, 9.17) is 18.7 Å². The van der Waals surface area contributed by atoms with E-state index in [2.05, 4.69) is 100 Å². The van der Waals surface area contributed by atoms with E-state index < -0.39 is 26.0 Å². The second-order valence-corrected chi connectivity index (χ2v) is 18.6. The Bertz CT molecular complexity index is 1220. The minimum atomic E-state index is -2.75. The third-order valence-electron chi connectivity index (χ3n) is 7.88. The van der Waals surface area contributed by atoms with Gasteiger partial charge in [0.25, 0.3) is 8.32 Å². The molecular weight excluding hydrogens is 566 g/mol. The summed E-state index contributed by atoms with van der Waals surface area (Å²) in [5.74, 6) is 8.00. The van der Waals surface area contributed by atoms with Gasteiger partial charge in [-0.2, -0.15) is 0 Å². The van der Waals surface area contributed by atoms with E-state index >= 15 is 0 Å². The third kappa shape index (κ3) is 10.1. The summed E-state index contributed by atoms with van der Waals surface area (Å²) in [5, 5.41) is 6.52. The molecule has 7 heteroatoms. The van der Waals surface area contributed by atoms with Crippen molar-refractivity contribution in [2.45, 2.75) is 97.8 Å². The van der Waals surface area contributed by atoms with E-state index in [1.165, 1.54) is 23.9 Å². The molecule has 0 spiro atoms. The van der Waals surface area contributed by atoms with Crippen molar-refractivity contribution in [3.63, 3.8) is 0 Å². The van der Waals surface area contributed by atoms with E-state index in [9.17, 15) is 4.79 Å². The van der Waals surface area contributed by atoms with Crippen LogP contribution in [0.3, 0.4) is 0 Å². The molecule has 0 bridgehead atoms. The van der Waals surface area contributed by atoms with E-state index in [0.717, 1.165) is 18.8 Å². The molecular formula is C37H53NO5Si. The van der Waals surface area contributed by atoms with Crippen molar-refractivity contribution in [3.05, 3.63) is 60.7 Å². The summed E-state index contributed by atoms with van der Waals surface area (Å²) in [4.78, 5) is 17.9. The normalized spacial score (nSPS) is 18.2. The highest BCUT2D eigenvalue weighted by Crippen LogP contribution is 2.38. The first-order valence-corrected chi connectivity index (χ1v) is 17.9. The lowest BCUT2D eigenvalue weighted by Gasteiger charge is -2.43. The predicted octanol–water partition coefficient (Wildman–Crippen LogP) is 6.76. The Morgan fingerprint density at radius 2 is 1.52 bits per heavy atom. The van der Waals surface area contributed by atoms with Gasteiger partial charge in [-0.25, -0.2) is 4.79 Å². The van der Waals surface area contributed by atoms with Crippen molar-refractivity contribution in [2.75, 3.05) is 20.3 Å². The molecule has 0 amide bonds. The Labute approximate surface area is 267 Å². The molecule has 6 nitrogen and oxygen atoms in total. The van der Waals surface area contributed by atoms with E-state index in [-0.39, 0.29) is 11.6 Å². The number of hydrogen-bond acceptors (Lipinski definition) is 6. The molecule has 240 valence electrons. The molecule has 1 aliphatic rings. The molecule has 0 aromatic heterocycles. The monoisotopic (exact) mass is 619 g/mol. The molecule has 1 fully saturated rings. The van der Waals surface area contributed by atoms with Crippen LogP contribution in [-0.2, 0) is 23.5 Å². The zero-order valence-corrected chi connectivity index (χ0v) is 29.3. The number of ether oxygens (including phenoxy) is 2. The Morgan fingerprint density at radius 1 is 0.955 bits per heavy atom. The number of carbonyl (C=O) groups is 1. The minimum Gasteiger partial charge on any atom is -0.458 e. The SMILES string of the molecule is CON=C(C#CC1CC(CC(C)C)C1)C(CCO[Si](c1ccccc1)(c1ccccc1)C(C)(C)C)OCC(=O)OC(C)(C)C. The maximum Gasteiger partial charge on any atom is 0.332 e. The van der Waals surface area contributed by atoms with Gasteiger partial charge in [0.05, 0.1) is 0 Å². The van der Waals surface area contributed by atoms with Crippen molar-refractivity contribution in [1.82, 2.24) is 0 Å². The Balaban J connectivity index is 1.88. The fourth-order valence-corrected chi connectivity index (χ4v) is 10.6.